The van der Waals surface area contributed by atoms with Gasteiger partial charge >= 0.3 is 6.18 Å². The van der Waals surface area contributed by atoms with Crippen molar-refractivity contribution < 1.29 is 18.0 Å². The smallest absolute Gasteiger partial charge is 0.298 e. The van der Waals surface area contributed by atoms with Gasteiger partial charge in [-0.15, -0.1) is 11.3 Å². The number of amides is 1. The van der Waals surface area contributed by atoms with Crippen molar-refractivity contribution in [1.29, 1.82) is 0 Å². The minimum Gasteiger partial charge on any atom is -0.298 e. The lowest BCUT2D eigenvalue weighted by Crippen LogP contribution is -2.19. The first-order valence-electron chi connectivity index (χ1n) is 9.07. The van der Waals surface area contributed by atoms with Crippen molar-refractivity contribution in [3.05, 3.63) is 81.9 Å². The van der Waals surface area contributed by atoms with Gasteiger partial charge in [-0.1, -0.05) is 63.2 Å². The Kier molecular flexibility index (Phi) is 5.80. The molecular formula is C22H21F3N2OS. The first kappa shape index (κ1) is 21.0. The van der Waals surface area contributed by atoms with Gasteiger partial charge in [0.05, 0.1) is 16.8 Å². The molecule has 1 N–H and O–H groups in total. The van der Waals surface area contributed by atoms with Crippen molar-refractivity contribution in [3.8, 4) is 0 Å². The molecule has 0 radical (unpaired) electrons. The van der Waals surface area contributed by atoms with E-state index < -0.39 is 23.2 Å². The summed E-state index contributed by atoms with van der Waals surface area (Å²) in [6.07, 6.45) is -3.97. The Labute approximate surface area is 171 Å². The maximum Gasteiger partial charge on any atom is 0.417 e. The molecule has 1 heterocycles. The molecule has 0 fully saturated rings. The molecular weight excluding hydrogens is 397 g/mol. The molecule has 1 amide bonds. The second-order valence-corrected chi connectivity index (χ2v) is 8.78. The highest BCUT2D eigenvalue weighted by Gasteiger charge is 2.35. The Morgan fingerprint density at radius 2 is 1.62 bits per heavy atom. The normalized spacial score (nSPS) is 12.1. The molecule has 0 unspecified atom stereocenters. The molecule has 3 nitrogen and oxygen atoms in total. The molecule has 0 aliphatic heterocycles. The number of benzene rings is 2. The quantitative estimate of drug-likeness (QED) is 0.540. The molecule has 7 heteroatoms. The summed E-state index contributed by atoms with van der Waals surface area (Å²) < 4.78 is 39.7. The van der Waals surface area contributed by atoms with Gasteiger partial charge in [0.15, 0.2) is 5.13 Å². The van der Waals surface area contributed by atoms with E-state index in [0.29, 0.717) is 11.6 Å². The number of halogens is 3. The molecule has 0 atom stereocenters. The van der Waals surface area contributed by atoms with E-state index in [4.69, 9.17) is 0 Å². The van der Waals surface area contributed by atoms with Gasteiger partial charge in [0.2, 0.25) is 0 Å². The van der Waals surface area contributed by atoms with E-state index in [1.165, 1.54) is 29.5 Å². The zero-order valence-corrected chi connectivity index (χ0v) is 17.1. The van der Waals surface area contributed by atoms with Crippen LogP contribution in [0.4, 0.5) is 18.3 Å². The molecule has 0 saturated heterocycles. The summed E-state index contributed by atoms with van der Waals surface area (Å²) in [4.78, 5) is 18.1. The van der Waals surface area contributed by atoms with Crippen molar-refractivity contribution in [2.45, 2.75) is 38.8 Å². The maximum atomic E-state index is 13.2. The average molecular weight is 418 g/mol. The molecule has 0 bridgehead atoms. The standard InChI is InChI=1S/C22H21F3N2OS/c1-21(2,3)18-17(13-14-9-5-4-6-10-14)29-20(26-18)27-19(28)15-11-7-8-12-16(15)22(23,24)25/h4-12H,13H2,1-3H3,(H,26,27,28). The topological polar surface area (TPSA) is 42.0 Å². The number of carbonyl (C=O) groups excluding carboxylic acids is 1. The number of nitrogens with zero attached hydrogens (tertiary/aromatic N) is 1. The summed E-state index contributed by atoms with van der Waals surface area (Å²) in [5, 5.41) is 2.85. The monoisotopic (exact) mass is 418 g/mol. The molecule has 0 saturated carbocycles. The van der Waals surface area contributed by atoms with Crippen LogP contribution in [0.2, 0.25) is 0 Å². The van der Waals surface area contributed by atoms with E-state index in [0.717, 1.165) is 22.2 Å². The van der Waals surface area contributed by atoms with Crippen LogP contribution in [-0.2, 0) is 18.0 Å². The predicted molar refractivity (Wildman–Crippen MR) is 109 cm³/mol. The van der Waals surface area contributed by atoms with Crippen LogP contribution in [0.25, 0.3) is 0 Å². The van der Waals surface area contributed by atoms with Gasteiger partial charge in [-0.3, -0.25) is 10.1 Å². The fourth-order valence-corrected chi connectivity index (χ4v) is 4.19. The maximum absolute atomic E-state index is 13.2. The molecule has 3 aromatic rings. The molecule has 0 spiro atoms. The summed E-state index contributed by atoms with van der Waals surface area (Å²) >= 11 is 1.29. The van der Waals surface area contributed by atoms with Crippen LogP contribution < -0.4 is 5.32 Å². The van der Waals surface area contributed by atoms with Gasteiger partial charge < -0.3 is 0 Å². The Bertz CT molecular complexity index is 1000. The fraction of sp³-hybridized carbons (Fsp3) is 0.273. The lowest BCUT2D eigenvalue weighted by Gasteiger charge is -2.17. The van der Waals surface area contributed by atoms with E-state index in [-0.39, 0.29) is 5.41 Å². The van der Waals surface area contributed by atoms with E-state index in [2.05, 4.69) is 10.3 Å². The predicted octanol–water partition coefficient (Wildman–Crippen LogP) is 6.30. The number of anilines is 1. The zero-order valence-electron chi connectivity index (χ0n) is 16.3. The number of thiazole rings is 1. The van der Waals surface area contributed by atoms with Gasteiger partial charge in [0, 0.05) is 16.7 Å². The summed E-state index contributed by atoms with van der Waals surface area (Å²) in [7, 11) is 0. The van der Waals surface area contributed by atoms with Crippen LogP contribution in [-0.4, -0.2) is 10.9 Å². The van der Waals surface area contributed by atoms with Crippen molar-refractivity contribution in [2.75, 3.05) is 5.32 Å². The highest BCUT2D eigenvalue weighted by molar-refractivity contribution is 7.16. The van der Waals surface area contributed by atoms with Gasteiger partial charge in [0.25, 0.3) is 5.91 Å². The number of aromatic nitrogens is 1. The van der Waals surface area contributed by atoms with E-state index in [9.17, 15) is 18.0 Å². The molecule has 2 aromatic carbocycles. The van der Waals surface area contributed by atoms with E-state index in [1.807, 2.05) is 51.1 Å². The number of rotatable bonds is 4. The molecule has 1 aromatic heterocycles. The van der Waals surface area contributed by atoms with E-state index >= 15 is 0 Å². The van der Waals surface area contributed by atoms with Crippen molar-refractivity contribution >= 4 is 22.4 Å². The Hall–Kier alpha value is -2.67. The lowest BCUT2D eigenvalue weighted by atomic mass is 9.90. The fourth-order valence-electron chi connectivity index (χ4n) is 2.99. The summed E-state index contributed by atoms with van der Waals surface area (Å²) in [6.45, 7) is 6.04. The Balaban J connectivity index is 1.92. The number of hydrogen-bond donors (Lipinski definition) is 1. The number of alkyl halides is 3. The van der Waals surface area contributed by atoms with Crippen LogP contribution in [0.3, 0.4) is 0 Å². The summed E-state index contributed by atoms with van der Waals surface area (Å²) in [5.74, 6) is -0.821. The second kappa shape index (κ2) is 7.99. The first-order chi connectivity index (χ1) is 13.6. The molecule has 3 rings (SSSR count). The van der Waals surface area contributed by atoms with Gasteiger partial charge in [-0.2, -0.15) is 13.2 Å². The third-order valence-electron chi connectivity index (χ3n) is 4.31. The minimum atomic E-state index is -4.61. The van der Waals surface area contributed by atoms with E-state index in [1.54, 1.807) is 0 Å². The van der Waals surface area contributed by atoms with Gasteiger partial charge in [-0.05, 0) is 17.7 Å². The number of carbonyl (C=O) groups is 1. The molecule has 29 heavy (non-hydrogen) atoms. The highest BCUT2D eigenvalue weighted by Crippen LogP contribution is 2.35. The second-order valence-electron chi connectivity index (χ2n) is 7.70. The van der Waals surface area contributed by atoms with Crippen LogP contribution in [0.5, 0.6) is 0 Å². The van der Waals surface area contributed by atoms with Gasteiger partial charge in [0.1, 0.15) is 0 Å². The third kappa shape index (κ3) is 5.03. The van der Waals surface area contributed by atoms with Crippen molar-refractivity contribution in [1.82, 2.24) is 4.98 Å². The van der Waals surface area contributed by atoms with Crippen molar-refractivity contribution in [3.63, 3.8) is 0 Å². The van der Waals surface area contributed by atoms with Crippen LogP contribution >= 0.6 is 11.3 Å². The summed E-state index contributed by atoms with van der Waals surface area (Å²) in [6, 6.07) is 14.6. The molecule has 152 valence electrons. The largest absolute Gasteiger partial charge is 0.417 e. The Morgan fingerprint density at radius 3 is 2.24 bits per heavy atom. The summed E-state index contributed by atoms with van der Waals surface area (Å²) in [5.41, 5.74) is 0.271. The SMILES string of the molecule is CC(C)(C)c1nc(NC(=O)c2ccccc2C(F)(F)F)sc1Cc1ccccc1. The molecule has 0 aliphatic carbocycles. The average Bonchev–Trinajstić information content (AvgIpc) is 3.04. The van der Waals surface area contributed by atoms with Gasteiger partial charge in [-0.25, -0.2) is 4.98 Å². The zero-order chi connectivity index (χ0) is 21.2. The molecule has 0 aliphatic rings. The van der Waals surface area contributed by atoms with Crippen LogP contribution in [0.1, 0.15) is 52.8 Å². The van der Waals surface area contributed by atoms with Crippen LogP contribution in [0.15, 0.2) is 54.6 Å². The lowest BCUT2D eigenvalue weighted by molar-refractivity contribution is -0.137. The number of hydrogen-bond acceptors (Lipinski definition) is 3. The highest BCUT2D eigenvalue weighted by atomic mass is 32.1. The minimum absolute atomic E-state index is 0.270. The van der Waals surface area contributed by atoms with Crippen molar-refractivity contribution in [2.24, 2.45) is 0 Å². The third-order valence-corrected chi connectivity index (χ3v) is 5.28. The first-order valence-corrected chi connectivity index (χ1v) is 9.89. The Morgan fingerprint density at radius 1 is 1.00 bits per heavy atom. The van der Waals surface area contributed by atoms with Crippen LogP contribution in [0, 0.1) is 0 Å². The number of nitrogens with one attached hydrogen (secondary N) is 1.